The van der Waals surface area contributed by atoms with Crippen LogP contribution in [-0.2, 0) is 0 Å². The van der Waals surface area contributed by atoms with Gasteiger partial charge in [-0.3, -0.25) is 4.98 Å². The lowest BCUT2D eigenvalue weighted by molar-refractivity contribution is 0.415. The second-order valence-corrected chi connectivity index (χ2v) is 4.94. The van der Waals surface area contributed by atoms with E-state index in [0.717, 1.165) is 17.0 Å². The Hall–Kier alpha value is -2.40. The van der Waals surface area contributed by atoms with Crippen molar-refractivity contribution in [3.8, 4) is 28.4 Å². The van der Waals surface area contributed by atoms with Gasteiger partial charge >= 0.3 is 0 Å². The third kappa shape index (κ3) is 2.60. The molecule has 3 aromatic rings. The van der Waals surface area contributed by atoms with Gasteiger partial charge in [0.05, 0.1) is 17.8 Å². The number of hydrogen-bond acceptors (Lipinski definition) is 4. The summed E-state index contributed by atoms with van der Waals surface area (Å²) < 4.78 is 5.16. The number of nitrogens with zero attached hydrogens (tertiary/aromatic N) is 3. The van der Waals surface area contributed by atoms with Gasteiger partial charge in [-0.15, -0.1) is 0 Å². The van der Waals surface area contributed by atoms with Crippen LogP contribution in [0.3, 0.4) is 0 Å². The number of aromatic nitrogens is 4. The van der Waals surface area contributed by atoms with Crippen LogP contribution in [0.2, 0.25) is 5.02 Å². The Morgan fingerprint density at radius 2 is 1.90 bits per heavy atom. The molecule has 0 unspecified atom stereocenters. The molecule has 0 aliphatic heterocycles. The van der Waals surface area contributed by atoms with Crippen molar-refractivity contribution >= 4 is 11.6 Å². The number of ether oxygens (including phenoxy) is 1. The van der Waals surface area contributed by atoms with Crippen molar-refractivity contribution < 1.29 is 4.74 Å². The smallest absolute Gasteiger partial charge is 0.139 e. The van der Waals surface area contributed by atoms with Crippen LogP contribution < -0.4 is 4.74 Å². The number of aryl methyl sites for hydroxylation is 1. The summed E-state index contributed by atoms with van der Waals surface area (Å²) in [5.74, 6) is 0.624. The van der Waals surface area contributed by atoms with E-state index in [9.17, 15) is 0 Å². The topological polar surface area (TPSA) is 63.7 Å². The Labute approximate surface area is 126 Å². The molecule has 0 aliphatic rings. The maximum absolute atomic E-state index is 6.17. The van der Waals surface area contributed by atoms with E-state index in [1.54, 1.807) is 19.2 Å². The molecule has 106 valence electrons. The minimum absolute atomic E-state index is 0.529. The molecule has 0 saturated heterocycles. The second-order valence-electron chi connectivity index (χ2n) is 4.53. The number of rotatable bonds is 3. The maximum atomic E-state index is 6.17. The molecular weight excluding hydrogens is 288 g/mol. The van der Waals surface area contributed by atoms with Crippen LogP contribution in [0.25, 0.3) is 22.6 Å². The fraction of sp³-hybridized carbons (Fsp3) is 0.133. The van der Waals surface area contributed by atoms with Crippen molar-refractivity contribution in [2.45, 2.75) is 6.92 Å². The molecule has 21 heavy (non-hydrogen) atoms. The summed E-state index contributed by atoms with van der Waals surface area (Å²) in [6, 6.07) is 11.3. The van der Waals surface area contributed by atoms with Crippen LogP contribution in [0.5, 0.6) is 5.75 Å². The lowest BCUT2D eigenvalue weighted by Crippen LogP contribution is -1.90. The molecule has 5 nitrogen and oxygen atoms in total. The van der Waals surface area contributed by atoms with E-state index in [4.69, 9.17) is 16.3 Å². The van der Waals surface area contributed by atoms with Gasteiger partial charge in [-0.2, -0.15) is 15.4 Å². The van der Waals surface area contributed by atoms with Crippen molar-refractivity contribution in [2.75, 3.05) is 7.11 Å². The van der Waals surface area contributed by atoms with Crippen molar-refractivity contribution in [3.05, 3.63) is 47.1 Å². The molecule has 0 atom stereocenters. The molecule has 0 spiro atoms. The number of nitrogens with one attached hydrogen (secondary N) is 1. The molecular formula is C15H13ClN4O. The average Bonchev–Trinajstić information content (AvgIpc) is 2.96. The molecule has 0 radical (unpaired) electrons. The zero-order valence-electron chi connectivity index (χ0n) is 11.6. The third-order valence-corrected chi connectivity index (χ3v) is 3.40. The molecule has 2 aromatic heterocycles. The first-order chi connectivity index (χ1) is 10.2. The van der Waals surface area contributed by atoms with Crippen LogP contribution in [0.15, 0.2) is 36.4 Å². The quantitative estimate of drug-likeness (QED) is 0.804. The fourth-order valence-electron chi connectivity index (χ4n) is 2.10. The summed E-state index contributed by atoms with van der Waals surface area (Å²) in [7, 11) is 1.58. The van der Waals surface area contributed by atoms with Crippen LogP contribution in [0.4, 0.5) is 0 Å². The highest BCUT2D eigenvalue weighted by Crippen LogP contribution is 2.32. The summed E-state index contributed by atoms with van der Waals surface area (Å²) in [5.41, 5.74) is 3.95. The Balaban J connectivity index is 2.09. The van der Waals surface area contributed by atoms with E-state index in [2.05, 4.69) is 20.4 Å². The lowest BCUT2D eigenvalue weighted by atomic mass is 10.1. The van der Waals surface area contributed by atoms with Gasteiger partial charge in [0.25, 0.3) is 0 Å². The van der Waals surface area contributed by atoms with Crippen LogP contribution in [0.1, 0.15) is 5.69 Å². The highest BCUT2D eigenvalue weighted by Gasteiger charge is 2.15. The molecule has 0 aliphatic carbocycles. The number of pyridine rings is 1. The van der Waals surface area contributed by atoms with Gasteiger partial charge in [0.2, 0.25) is 0 Å². The second kappa shape index (κ2) is 5.54. The SMILES string of the molecule is COc1ccc(-c2n[nH]nc2-c2cccc(C)n2)cc1Cl. The van der Waals surface area contributed by atoms with E-state index >= 15 is 0 Å². The number of aromatic amines is 1. The predicted octanol–water partition coefficient (Wildman–Crippen LogP) is 3.50. The van der Waals surface area contributed by atoms with Crippen molar-refractivity contribution in [2.24, 2.45) is 0 Å². The Morgan fingerprint density at radius 1 is 1.10 bits per heavy atom. The van der Waals surface area contributed by atoms with Crippen LogP contribution in [-0.4, -0.2) is 27.5 Å². The molecule has 0 fully saturated rings. The van der Waals surface area contributed by atoms with Crippen molar-refractivity contribution in [1.82, 2.24) is 20.4 Å². The van der Waals surface area contributed by atoms with E-state index < -0.39 is 0 Å². The molecule has 6 heteroatoms. The number of benzene rings is 1. The standard InChI is InChI=1S/C15H13ClN4O/c1-9-4-3-5-12(17-9)15-14(18-20-19-15)10-6-7-13(21-2)11(16)8-10/h3-8H,1-2H3,(H,18,19,20). The fourth-order valence-corrected chi connectivity index (χ4v) is 2.36. The van der Waals surface area contributed by atoms with E-state index in [1.807, 2.05) is 31.2 Å². The van der Waals surface area contributed by atoms with E-state index in [-0.39, 0.29) is 0 Å². The molecule has 0 saturated carbocycles. The number of methoxy groups -OCH3 is 1. The Morgan fingerprint density at radius 3 is 2.62 bits per heavy atom. The van der Waals surface area contributed by atoms with Gasteiger partial charge in [-0.25, -0.2) is 0 Å². The maximum Gasteiger partial charge on any atom is 0.139 e. The normalized spacial score (nSPS) is 10.6. The molecule has 1 aromatic carbocycles. The first-order valence-electron chi connectivity index (χ1n) is 6.38. The van der Waals surface area contributed by atoms with E-state index in [1.165, 1.54) is 0 Å². The molecule has 2 heterocycles. The lowest BCUT2D eigenvalue weighted by Gasteiger charge is -2.05. The highest BCUT2D eigenvalue weighted by atomic mass is 35.5. The monoisotopic (exact) mass is 300 g/mol. The van der Waals surface area contributed by atoms with Crippen molar-refractivity contribution in [3.63, 3.8) is 0 Å². The number of halogens is 1. The van der Waals surface area contributed by atoms with Crippen molar-refractivity contribution in [1.29, 1.82) is 0 Å². The summed E-state index contributed by atoms with van der Waals surface area (Å²) in [6.07, 6.45) is 0. The zero-order chi connectivity index (χ0) is 14.8. The summed E-state index contributed by atoms with van der Waals surface area (Å²) >= 11 is 6.17. The minimum atomic E-state index is 0.529. The van der Waals surface area contributed by atoms with Crippen LogP contribution >= 0.6 is 11.6 Å². The first-order valence-corrected chi connectivity index (χ1v) is 6.75. The van der Waals surface area contributed by atoms with Gasteiger partial charge in [0.15, 0.2) is 0 Å². The molecule has 0 bridgehead atoms. The van der Waals surface area contributed by atoms with Gasteiger partial charge in [-0.05, 0) is 37.3 Å². The number of H-pyrrole nitrogens is 1. The number of hydrogen-bond donors (Lipinski definition) is 1. The van der Waals surface area contributed by atoms with Gasteiger partial charge in [-0.1, -0.05) is 17.7 Å². The average molecular weight is 301 g/mol. The van der Waals surface area contributed by atoms with Gasteiger partial charge < -0.3 is 4.74 Å². The Kier molecular flexibility index (Phi) is 3.58. The van der Waals surface area contributed by atoms with Gasteiger partial charge in [0.1, 0.15) is 17.1 Å². The Bertz CT molecular complexity index is 785. The summed E-state index contributed by atoms with van der Waals surface area (Å²) in [6.45, 7) is 1.94. The highest BCUT2D eigenvalue weighted by molar-refractivity contribution is 6.32. The molecule has 3 rings (SSSR count). The first kappa shape index (κ1) is 13.6. The van der Waals surface area contributed by atoms with Gasteiger partial charge in [0, 0.05) is 11.3 Å². The van der Waals surface area contributed by atoms with E-state index in [0.29, 0.717) is 22.2 Å². The molecule has 0 amide bonds. The zero-order valence-corrected chi connectivity index (χ0v) is 12.3. The minimum Gasteiger partial charge on any atom is -0.495 e. The summed E-state index contributed by atoms with van der Waals surface area (Å²) in [5, 5.41) is 11.6. The predicted molar refractivity (Wildman–Crippen MR) is 81.3 cm³/mol. The third-order valence-electron chi connectivity index (χ3n) is 3.10. The largest absolute Gasteiger partial charge is 0.495 e. The van der Waals surface area contributed by atoms with Crippen LogP contribution in [0, 0.1) is 6.92 Å². The molecule has 1 N–H and O–H groups in total. The summed E-state index contributed by atoms with van der Waals surface area (Å²) in [4.78, 5) is 4.48.